The molecule has 8 nitrogen and oxygen atoms in total. The second kappa shape index (κ2) is 7.88. The van der Waals surface area contributed by atoms with Crippen molar-refractivity contribution < 1.29 is 53.7 Å². The SMILES string of the molecule is O=C1c2cccc3c(OCC4CCCO4)ccc(c23)C(=O)N1OS(=O)(=O)C(F)(F)C(F)(F)F. The second-order valence-corrected chi connectivity index (χ2v) is 8.80. The number of ether oxygens (including phenoxy) is 2. The zero-order valence-electron chi connectivity index (χ0n) is 16.4. The van der Waals surface area contributed by atoms with Gasteiger partial charge in [0.1, 0.15) is 12.4 Å². The number of carbonyl (C=O) groups excluding carboxylic acids is 2. The Hall–Kier alpha value is -2.84. The van der Waals surface area contributed by atoms with Gasteiger partial charge in [-0.2, -0.15) is 30.4 Å². The van der Waals surface area contributed by atoms with Gasteiger partial charge < -0.3 is 9.47 Å². The Morgan fingerprint density at radius 2 is 1.70 bits per heavy atom. The van der Waals surface area contributed by atoms with E-state index in [4.69, 9.17) is 9.47 Å². The van der Waals surface area contributed by atoms with Crippen LogP contribution in [0.4, 0.5) is 22.0 Å². The highest BCUT2D eigenvalue weighted by Gasteiger charge is 2.69. The highest BCUT2D eigenvalue weighted by atomic mass is 32.2. The van der Waals surface area contributed by atoms with Gasteiger partial charge in [-0.15, -0.1) is 9.35 Å². The van der Waals surface area contributed by atoms with E-state index in [9.17, 15) is 40.0 Å². The van der Waals surface area contributed by atoms with Gasteiger partial charge >= 0.3 is 21.5 Å². The lowest BCUT2D eigenvalue weighted by Crippen LogP contribution is -2.50. The Balaban J connectivity index is 1.70. The summed E-state index contributed by atoms with van der Waals surface area (Å²) in [5, 5.41) is -6.71. The van der Waals surface area contributed by atoms with Crippen LogP contribution in [0.3, 0.4) is 0 Å². The number of alkyl halides is 5. The van der Waals surface area contributed by atoms with E-state index in [0.29, 0.717) is 6.61 Å². The van der Waals surface area contributed by atoms with Crippen molar-refractivity contribution in [2.24, 2.45) is 0 Å². The molecule has 2 aliphatic heterocycles. The van der Waals surface area contributed by atoms with E-state index >= 15 is 0 Å². The molecule has 2 amide bonds. The van der Waals surface area contributed by atoms with Gasteiger partial charge in [-0.25, -0.2) is 0 Å². The molecule has 0 aliphatic carbocycles. The van der Waals surface area contributed by atoms with E-state index in [1.165, 1.54) is 18.2 Å². The van der Waals surface area contributed by atoms with Crippen molar-refractivity contribution >= 4 is 32.7 Å². The third kappa shape index (κ3) is 3.81. The largest absolute Gasteiger partial charge is 0.490 e. The van der Waals surface area contributed by atoms with Crippen LogP contribution in [0.25, 0.3) is 10.8 Å². The molecule has 1 unspecified atom stereocenters. The van der Waals surface area contributed by atoms with Crippen LogP contribution in [0.15, 0.2) is 30.3 Å². The zero-order valence-corrected chi connectivity index (χ0v) is 17.2. The normalized spacial score (nSPS) is 19.4. The quantitative estimate of drug-likeness (QED) is 0.447. The fraction of sp³-hybridized carbons (Fsp3) is 0.368. The monoisotopic (exact) mass is 495 g/mol. The number of amides is 2. The highest BCUT2D eigenvalue weighted by molar-refractivity contribution is 7.87. The Labute approximate surface area is 182 Å². The first-order valence-electron chi connectivity index (χ1n) is 9.43. The molecule has 1 fully saturated rings. The number of hydroxylamine groups is 2. The van der Waals surface area contributed by atoms with Gasteiger partial charge in [0.2, 0.25) is 0 Å². The van der Waals surface area contributed by atoms with Gasteiger partial charge in [0, 0.05) is 17.4 Å². The summed E-state index contributed by atoms with van der Waals surface area (Å²) in [5.74, 6) is -2.80. The molecule has 4 rings (SSSR count). The molecule has 178 valence electrons. The van der Waals surface area contributed by atoms with Gasteiger partial charge in [0.15, 0.2) is 0 Å². The molecule has 2 aromatic carbocycles. The smallest absolute Gasteiger partial charge is 0.472 e. The standard InChI is InChI=1S/C19H14F5NO7S/c20-18(21,22)19(23,24)33(28,29)32-25-16(26)12-5-1-4-11-14(31-9-10-3-2-8-30-10)7-6-13(15(11)12)17(25)27/h1,4-7,10H,2-3,8-9H2. The Bertz CT molecular complexity index is 1220. The van der Waals surface area contributed by atoms with Crippen molar-refractivity contribution in [2.75, 3.05) is 13.2 Å². The summed E-state index contributed by atoms with van der Waals surface area (Å²) < 4.78 is 102. The van der Waals surface area contributed by atoms with Crippen LogP contribution in [-0.4, -0.2) is 56.0 Å². The van der Waals surface area contributed by atoms with Gasteiger partial charge in [-0.05, 0) is 31.0 Å². The lowest BCUT2D eigenvalue weighted by molar-refractivity contribution is -0.246. The Kier molecular flexibility index (Phi) is 5.57. The molecular formula is C19H14F5NO7S. The van der Waals surface area contributed by atoms with Crippen LogP contribution in [0, 0.1) is 0 Å². The fourth-order valence-corrected chi connectivity index (χ4v) is 4.19. The first-order chi connectivity index (χ1) is 15.3. The van der Waals surface area contributed by atoms with E-state index < -0.39 is 38.4 Å². The maximum absolute atomic E-state index is 13.4. The van der Waals surface area contributed by atoms with Crippen LogP contribution in [-0.2, 0) is 19.1 Å². The Morgan fingerprint density at radius 1 is 1.03 bits per heavy atom. The number of halogens is 5. The van der Waals surface area contributed by atoms with E-state index in [-0.39, 0.29) is 40.4 Å². The molecule has 1 atom stereocenters. The van der Waals surface area contributed by atoms with Gasteiger partial charge in [0.05, 0.1) is 17.2 Å². The summed E-state index contributed by atoms with van der Waals surface area (Å²) in [6.45, 7) is 0.771. The minimum atomic E-state index is -6.79. The summed E-state index contributed by atoms with van der Waals surface area (Å²) in [7, 11) is -6.79. The zero-order chi connectivity index (χ0) is 24.2. The molecule has 0 aromatic heterocycles. The van der Waals surface area contributed by atoms with E-state index in [1.54, 1.807) is 0 Å². The number of carbonyl (C=O) groups is 2. The number of imide groups is 1. The maximum atomic E-state index is 13.4. The minimum absolute atomic E-state index is 0.0113. The summed E-state index contributed by atoms with van der Waals surface area (Å²) >= 11 is 0. The summed E-state index contributed by atoms with van der Waals surface area (Å²) in [6, 6.07) is 6.41. The molecule has 2 aromatic rings. The third-order valence-electron chi connectivity index (χ3n) is 5.10. The molecule has 2 heterocycles. The molecule has 0 N–H and O–H groups in total. The second-order valence-electron chi connectivity index (χ2n) is 7.23. The van der Waals surface area contributed by atoms with Crippen molar-refractivity contribution in [3.8, 4) is 5.75 Å². The van der Waals surface area contributed by atoms with Gasteiger partial charge in [-0.3, -0.25) is 9.59 Å². The average Bonchev–Trinajstić information content (AvgIpc) is 3.26. The first kappa shape index (κ1) is 23.3. The molecule has 1 saturated heterocycles. The average molecular weight is 495 g/mol. The van der Waals surface area contributed by atoms with Crippen LogP contribution < -0.4 is 4.74 Å². The van der Waals surface area contributed by atoms with Crippen molar-refractivity contribution in [1.82, 2.24) is 5.06 Å². The topological polar surface area (TPSA) is 99.2 Å². The van der Waals surface area contributed by atoms with E-state index in [2.05, 4.69) is 4.28 Å². The Morgan fingerprint density at radius 3 is 2.30 bits per heavy atom. The van der Waals surface area contributed by atoms with Crippen molar-refractivity contribution in [2.45, 2.75) is 30.4 Å². The number of rotatable bonds is 6. The van der Waals surface area contributed by atoms with Crippen LogP contribution >= 0.6 is 0 Å². The maximum Gasteiger partial charge on any atom is 0.472 e. The van der Waals surface area contributed by atoms with Crippen molar-refractivity contribution in [1.29, 1.82) is 0 Å². The predicted octanol–water partition coefficient (Wildman–Crippen LogP) is 3.41. The number of hydrogen-bond acceptors (Lipinski definition) is 7. The lowest BCUT2D eigenvalue weighted by Gasteiger charge is -2.27. The fourth-order valence-electron chi connectivity index (χ4n) is 3.49. The molecule has 0 saturated carbocycles. The summed E-state index contributed by atoms with van der Waals surface area (Å²) in [5.41, 5.74) is -0.703. The number of nitrogens with zero attached hydrogens (tertiary/aromatic N) is 1. The lowest BCUT2D eigenvalue weighted by atomic mass is 9.94. The van der Waals surface area contributed by atoms with Crippen molar-refractivity contribution in [3.63, 3.8) is 0 Å². The van der Waals surface area contributed by atoms with Gasteiger partial charge in [-0.1, -0.05) is 12.1 Å². The molecule has 0 spiro atoms. The highest BCUT2D eigenvalue weighted by Crippen LogP contribution is 2.42. The molecule has 2 aliphatic rings. The molecular weight excluding hydrogens is 481 g/mol. The summed E-state index contributed by atoms with van der Waals surface area (Å²) in [4.78, 5) is 25.3. The van der Waals surface area contributed by atoms with Crippen molar-refractivity contribution in [3.05, 3.63) is 41.5 Å². The minimum Gasteiger partial charge on any atom is -0.490 e. The van der Waals surface area contributed by atoms with Crippen LogP contribution in [0.1, 0.15) is 33.6 Å². The molecule has 0 radical (unpaired) electrons. The van der Waals surface area contributed by atoms with Crippen LogP contribution in [0.5, 0.6) is 5.75 Å². The third-order valence-corrected chi connectivity index (χ3v) is 6.30. The predicted molar refractivity (Wildman–Crippen MR) is 99.9 cm³/mol. The number of hydrogen-bond donors (Lipinski definition) is 0. The summed E-state index contributed by atoms with van der Waals surface area (Å²) in [6.07, 6.45) is -5.04. The molecule has 0 bridgehead atoms. The van der Waals surface area contributed by atoms with Gasteiger partial charge in [0.25, 0.3) is 11.8 Å². The number of benzene rings is 2. The molecule has 14 heteroatoms. The van der Waals surface area contributed by atoms with E-state index in [0.717, 1.165) is 25.0 Å². The molecule has 33 heavy (non-hydrogen) atoms. The van der Waals surface area contributed by atoms with Crippen LogP contribution in [0.2, 0.25) is 0 Å². The first-order valence-corrected chi connectivity index (χ1v) is 10.8. The van der Waals surface area contributed by atoms with E-state index in [1.807, 2.05) is 0 Å².